The molecule has 5 nitrogen and oxygen atoms in total. The largest absolute Gasteiger partial charge is 0.375 e. The molecule has 0 unspecified atom stereocenters. The number of nitrogens with zero attached hydrogens (tertiary/aromatic N) is 4. The van der Waals surface area contributed by atoms with Crippen molar-refractivity contribution in [3.8, 4) is 6.07 Å². The van der Waals surface area contributed by atoms with E-state index in [4.69, 9.17) is 11.0 Å². The quantitative estimate of drug-likeness (QED) is 0.617. The molecule has 0 aliphatic heterocycles. The average molecular weight is 305 g/mol. The van der Waals surface area contributed by atoms with Gasteiger partial charge in [-0.15, -0.1) is 0 Å². The monoisotopic (exact) mass is 305 g/mol. The van der Waals surface area contributed by atoms with Gasteiger partial charge in [0.05, 0.1) is 39.2 Å². The Bertz CT molecular complexity index is 1040. The highest BCUT2D eigenvalue weighted by Crippen LogP contribution is 2.25. The highest BCUT2D eigenvalue weighted by atomic mass is 32.1. The number of imidazole rings is 1. The van der Waals surface area contributed by atoms with Crippen molar-refractivity contribution in [2.24, 2.45) is 0 Å². The SMILES string of the molecule is N#Cc1ccc2ncn(Cc3ccc4nc(N)sc4c3)c2c1. The van der Waals surface area contributed by atoms with Crippen LogP contribution in [0.3, 0.4) is 0 Å². The average Bonchev–Trinajstić information content (AvgIpc) is 3.09. The molecule has 2 aromatic carbocycles. The number of nitrogens with two attached hydrogens (primary N) is 1. The molecule has 0 atom stereocenters. The summed E-state index contributed by atoms with van der Waals surface area (Å²) in [6.07, 6.45) is 1.80. The summed E-state index contributed by atoms with van der Waals surface area (Å²) in [5.74, 6) is 0. The van der Waals surface area contributed by atoms with Crippen molar-refractivity contribution in [3.05, 3.63) is 53.9 Å². The predicted octanol–water partition coefficient (Wildman–Crippen LogP) is 3.15. The van der Waals surface area contributed by atoms with Crippen LogP contribution in [-0.4, -0.2) is 14.5 Å². The van der Waals surface area contributed by atoms with Crippen LogP contribution in [0, 0.1) is 11.3 Å². The van der Waals surface area contributed by atoms with Gasteiger partial charge in [-0.2, -0.15) is 5.26 Å². The molecule has 0 aliphatic carbocycles. The zero-order chi connectivity index (χ0) is 15.1. The van der Waals surface area contributed by atoms with E-state index < -0.39 is 0 Å². The maximum Gasteiger partial charge on any atom is 0.181 e. The number of nitrogen functional groups attached to an aromatic ring is 1. The minimum atomic E-state index is 0.582. The first-order valence-corrected chi connectivity index (χ1v) is 7.54. The van der Waals surface area contributed by atoms with Gasteiger partial charge in [-0.1, -0.05) is 17.4 Å². The lowest BCUT2D eigenvalue weighted by Gasteiger charge is -2.05. The van der Waals surface area contributed by atoms with Crippen LogP contribution in [0.1, 0.15) is 11.1 Å². The van der Waals surface area contributed by atoms with Crippen LogP contribution in [0.2, 0.25) is 0 Å². The number of benzene rings is 2. The fraction of sp³-hybridized carbons (Fsp3) is 0.0625. The summed E-state index contributed by atoms with van der Waals surface area (Å²) in [5.41, 5.74) is 10.3. The van der Waals surface area contributed by atoms with Crippen molar-refractivity contribution in [1.29, 1.82) is 5.26 Å². The lowest BCUT2D eigenvalue weighted by Crippen LogP contribution is -1.97. The second kappa shape index (κ2) is 4.83. The first-order valence-electron chi connectivity index (χ1n) is 6.73. The molecule has 0 spiro atoms. The Kier molecular flexibility index (Phi) is 2.81. The smallest absolute Gasteiger partial charge is 0.181 e. The number of nitriles is 1. The third kappa shape index (κ3) is 2.08. The van der Waals surface area contributed by atoms with Gasteiger partial charge in [-0.3, -0.25) is 0 Å². The minimum Gasteiger partial charge on any atom is -0.375 e. The van der Waals surface area contributed by atoms with Crippen molar-refractivity contribution < 1.29 is 0 Å². The number of hydrogen-bond donors (Lipinski definition) is 1. The van der Waals surface area contributed by atoms with Crippen molar-refractivity contribution in [2.45, 2.75) is 6.54 Å². The Balaban J connectivity index is 1.76. The van der Waals surface area contributed by atoms with Crippen LogP contribution in [0.25, 0.3) is 21.3 Å². The van der Waals surface area contributed by atoms with Gasteiger partial charge in [0.2, 0.25) is 0 Å². The van der Waals surface area contributed by atoms with E-state index in [0.29, 0.717) is 17.2 Å². The van der Waals surface area contributed by atoms with Crippen molar-refractivity contribution in [1.82, 2.24) is 14.5 Å². The number of thiazole rings is 1. The van der Waals surface area contributed by atoms with E-state index in [1.54, 1.807) is 12.4 Å². The molecule has 2 N–H and O–H groups in total. The molecule has 0 radical (unpaired) electrons. The first-order chi connectivity index (χ1) is 10.7. The predicted molar refractivity (Wildman–Crippen MR) is 87.6 cm³/mol. The third-order valence-corrected chi connectivity index (χ3v) is 4.42. The van der Waals surface area contributed by atoms with Gasteiger partial charge in [-0.05, 0) is 35.9 Å². The van der Waals surface area contributed by atoms with E-state index in [-0.39, 0.29) is 0 Å². The Morgan fingerprint density at radius 3 is 2.91 bits per heavy atom. The summed E-state index contributed by atoms with van der Waals surface area (Å²) in [7, 11) is 0. The second-order valence-corrected chi connectivity index (χ2v) is 6.10. The van der Waals surface area contributed by atoms with Crippen molar-refractivity contribution >= 4 is 37.7 Å². The molecule has 106 valence electrons. The van der Waals surface area contributed by atoms with Gasteiger partial charge in [0, 0.05) is 6.54 Å². The molecule has 0 saturated carbocycles. The number of fused-ring (bicyclic) bond motifs is 2. The molecule has 2 aromatic heterocycles. The second-order valence-electron chi connectivity index (χ2n) is 5.04. The van der Waals surface area contributed by atoms with E-state index >= 15 is 0 Å². The number of rotatable bonds is 2. The summed E-state index contributed by atoms with van der Waals surface area (Å²) in [6.45, 7) is 0.694. The lowest BCUT2D eigenvalue weighted by atomic mass is 10.2. The van der Waals surface area contributed by atoms with Crippen LogP contribution in [0.5, 0.6) is 0 Å². The Hall–Kier alpha value is -2.91. The van der Waals surface area contributed by atoms with Crippen LogP contribution in [0.15, 0.2) is 42.7 Å². The van der Waals surface area contributed by atoms with Crippen LogP contribution in [-0.2, 0) is 6.54 Å². The molecular formula is C16H11N5S. The topological polar surface area (TPSA) is 80.5 Å². The fourth-order valence-electron chi connectivity index (χ4n) is 2.53. The minimum absolute atomic E-state index is 0.582. The molecule has 6 heteroatoms. The van der Waals surface area contributed by atoms with Gasteiger partial charge in [0.25, 0.3) is 0 Å². The molecule has 0 saturated heterocycles. The number of anilines is 1. The normalized spacial score (nSPS) is 11.0. The van der Waals surface area contributed by atoms with Gasteiger partial charge in [0.15, 0.2) is 5.13 Å². The first kappa shape index (κ1) is 12.8. The van der Waals surface area contributed by atoms with E-state index in [1.165, 1.54) is 11.3 Å². The summed E-state index contributed by atoms with van der Waals surface area (Å²) < 4.78 is 3.12. The highest BCUT2D eigenvalue weighted by Gasteiger charge is 2.06. The maximum absolute atomic E-state index is 9.04. The van der Waals surface area contributed by atoms with Crippen molar-refractivity contribution in [3.63, 3.8) is 0 Å². The molecule has 0 aliphatic rings. The summed E-state index contributed by atoms with van der Waals surface area (Å²) in [5, 5.41) is 9.62. The fourth-order valence-corrected chi connectivity index (χ4v) is 3.33. The Labute approximate surface area is 130 Å². The van der Waals surface area contributed by atoms with E-state index in [9.17, 15) is 0 Å². The van der Waals surface area contributed by atoms with Crippen molar-refractivity contribution in [2.75, 3.05) is 5.73 Å². The molecule has 2 heterocycles. The summed E-state index contributed by atoms with van der Waals surface area (Å²) in [6, 6.07) is 13.8. The Morgan fingerprint density at radius 1 is 1.18 bits per heavy atom. The number of aromatic nitrogens is 3. The van der Waals surface area contributed by atoms with Crippen LogP contribution >= 0.6 is 11.3 Å². The van der Waals surface area contributed by atoms with E-state index in [2.05, 4.69) is 22.1 Å². The van der Waals surface area contributed by atoms with E-state index in [1.807, 2.05) is 28.8 Å². The van der Waals surface area contributed by atoms with Gasteiger partial charge in [0.1, 0.15) is 0 Å². The molecule has 0 bridgehead atoms. The molecule has 4 rings (SSSR count). The molecule has 0 amide bonds. The Morgan fingerprint density at radius 2 is 2.05 bits per heavy atom. The maximum atomic E-state index is 9.04. The zero-order valence-corrected chi connectivity index (χ0v) is 12.3. The van der Waals surface area contributed by atoms with Gasteiger partial charge >= 0.3 is 0 Å². The summed E-state index contributed by atoms with van der Waals surface area (Å²) in [4.78, 5) is 8.65. The zero-order valence-electron chi connectivity index (χ0n) is 11.5. The van der Waals surface area contributed by atoms with Crippen LogP contribution in [0.4, 0.5) is 5.13 Å². The van der Waals surface area contributed by atoms with Gasteiger partial charge < -0.3 is 10.3 Å². The van der Waals surface area contributed by atoms with E-state index in [0.717, 1.165) is 26.8 Å². The van der Waals surface area contributed by atoms with Crippen LogP contribution < -0.4 is 5.73 Å². The van der Waals surface area contributed by atoms with Gasteiger partial charge in [-0.25, -0.2) is 9.97 Å². The lowest BCUT2D eigenvalue weighted by molar-refractivity contribution is 0.826. The number of hydrogen-bond acceptors (Lipinski definition) is 5. The highest BCUT2D eigenvalue weighted by molar-refractivity contribution is 7.22. The molecular weight excluding hydrogens is 294 g/mol. The molecule has 22 heavy (non-hydrogen) atoms. The third-order valence-electron chi connectivity index (χ3n) is 3.57. The molecule has 4 aromatic rings. The standard InChI is InChI=1S/C16H11N5S/c17-7-10-1-3-12-14(5-10)21(9-19-12)8-11-2-4-13-15(6-11)22-16(18)20-13/h1-6,9H,8H2,(H2,18,20). The molecule has 0 fully saturated rings. The summed E-state index contributed by atoms with van der Waals surface area (Å²) >= 11 is 1.49.